The molecule has 0 aromatic carbocycles. The first kappa shape index (κ1) is 14.2. The van der Waals surface area contributed by atoms with Gasteiger partial charge in [0, 0.05) is 0 Å². The molecule has 1 amide bonds. The van der Waals surface area contributed by atoms with Crippen LogP contribution in [0.15, 0.2) is 45.8 Å². The van der Waals surface area contributed by atoms with Gasteiger partial charge >= 0.3 is 5.91 Å². The molecule has 0 aromatic rings. The van der Waals surface area contributed by atoms with Gasteiger partial charge in [-0.25, -0.2) is 0 Å². The predicted molar refractivity (Wildman–Crippen MR) is 75.4 cm³/mol. The zero-order chi connectivity index (χ0) is 14.2. The van der Waals surface area contributed by atoms with Gasteiger partial charge in [-0.05, 0) is 49.6 Å². The highest BCUT2D eigenvalue weighted by atomic mass is 16.1. The van der Waals surface area contributed by atoms with E-state index in [0.717, 1.165) is 31.3 Å². The molecule has 1 aliphatic carbocycles. The number of nitriles is 1. The maximum atomic E-state index is 12.0. The Labute approximate surface area is 118 Å². The highest BCUT2D eigenvalue weighted by molar-refractivity contribution is 5.98. The molecule has 5 heteroatoms. The van der Waals surface area contributed by atoms with Crippen molar-refractivity contribution < 1.29 is 4.79 Å². The number of azo groups is 1. The van der Waals surface area contributed by atoms with E-state index >= 15 is 0 Å². The zero-order valence-corrected chi connectivity index (χ0v) is 11.4. The molecule has 1 atom stereocenters. The Hall–Kier alpha value is -2.22. The van der Waals surface area contributed by atoms with Gasteiger partial charge in [-0.1, -0.05) is 18.9 Å². The molecule has 1 aliphatic heterocycles. The number of carbonyl (C=O) groups excluding carboxylic acids is 1. The molecule has 1 saturated carbocycles. The van der Waals surface area contributed by atoms with Crippen LogP contribution >= 0.6 is 0 Å². The quantitative estimate of drug-likeness (QED) is 0.362. The first-order chi connectivity index (χ1) is 9.81. The van der Waals surface area contributed by atoms with Crippen LogP contribution < -0.4 is 5.32 Å². The summed E-state index contributed by atoms with van der Waals surface area (Å²) in [6.07, 6.45) is 12.9. The summed E-state index contributed by atoms with van der Waals surface area (Å²) in [6, 6.07) is 2.01. The van der Waals surface area contributed by atoms with Gasteiger partial charge in [0.1, 0.15) is 11.6 Å². The third-order valence-corrected chi connectivity index (χ3v) is 3.43. The fraction of sp³-hybridized carbons (Fsp3) is 0.467. The molecule has 2 aliphatic rings. The average Bonchev–Trinajstić information content (AvgIpc) is 2.76. The van der Waals surface area contributed by atoms with E-state index in [-0.39, 0.29) is 11.7 Å². The van der Waals surface area contributed by atoms with Crippen molar-refractivity contribution in [2.75, 3.05) is 0 Å². The molecule has 20 heavy (non-hydrogen) atoms. The summed E-state index contributed by atoms with van der Waals surface area (Å²) in [5.74, 6) is -0.519. The minimum atomic E-state index is -0.519. The van der Waals surface area contributed by atoms with Crippen LogP contribution in [0.2, 0.25) is 0 Å². The van der Waals surface area contributed by atoms with Crippen LogP contribution in [0.3, 0.4) is 0 Å². The number of hydrogen-bond donors (Lipinski definition) is 1. The summed E-state index contributed by atoms with van der Waals surface area (Å²) in [6.45, 7) is 0. The van der Waals surface area contributed by atoms with Gasteiger partial charge in [-0.3, -0.25) is 4.79 Å². The van der Waals surface area contributed by atoms with E-state index in [2.05, 4.69) is 15.5 Å². The van der Waals surface area contributed by atoms with Gasteiger partial charge in [0.15, 0.2) is 6.17 Å². The minimum absolute atomic E-state index is 0.186. The molecule has 1 heterocycles. The second-order valence-electron chi connectivity index (χ2n) is 4.88. The van der Waals surface area contributed by atoms with Crippen molar-refractivity contribution in [3.8, 4) is 6.07 Å². The summed E-state index contributed by atoms with van der Waals surface area (Å²) in [4.78, 5) is 12.0. The van der Waals surface area contributed by atoms with Gasteiger partial charge in [-0.2, -0.15) is 10.4 Å². The fourth-order valence-electron chi connectivity index (χ4n) is 2.35. The molecule has 1 fully saturated rings. The van der Waals surface area contributed by atoms with Crippen molar-refractivity contribution in [3.63, 3.8) is 0 Å². The summed E-state index contributed by atoms with van der Waals surface area (Å²) in [5.41, 5.74) is 1.13. The molecule has 0 bridgehead atoms. The molecule has 104 valence electrons. The molecule has 0 saturated heterocycles. The predicted octanol–water partition coefficient (Wildman–Crippen LogP) is 3.14. The van der Waals surface area contributed by atoms with Crippen LogP contribution in [0.1, 0.15) is 38.5 Å². The van der Waals surface area contributed by atoms with Gasteiger partial charge in [0.2, 0.25) is 0 Å². The molecular weight excluding hydrogens is 252 g/mol. The van der Waals surface area contributed by atoms with E-state index in [1.54, 1.807) is 12.3 Å². The average molecular weight is 270 g/mol. The Balaban J connectivity index is 2.07. The van der Waals surface area contributed by atoms with Gasteiger partial charge in [0.25, 0.3) is 0 Å². The molecule has 5 nitrogen and oxygen atoms in total. The van der Waals surface area contributed by atoms with E-state index < -0.39 is 5.91 Å². The first-order valence-corrected chi connectivity index (χ1v) is 6.98. The monoisotopic (exact) mass is 270 g/mol. The summed E-state index contributed by atoms with van der Waals surface area (Å²) < 4.78 is 0. The Morgan fingerprint density at radius 1 is 1.25 bits per heavy atom. The summed E-state index contributed by atoms with van der Waals surface area (Å²) in [5, 5.41) is 19.7. The zero-order valence-electron chi connectivity index (χ0n) is 11.4. The second kappa shape index (κ2) is 7.39. The molecular formula is C15H18N4O. The fourth-order valence-corrected chi connectivity index (χ4v) is 2.35. The van der Waals surface area contributed by atoms with Crippen molar-refractivity contribution >= 4 is 5.91 Å². The van der Waals surface area contributed by atoms with Crippen LogP contribution in [0, 0.1) is 11.3 Å². The molecule has 2 rings (SSSR count). The number of nitrogens with one attached hydrogen (secondary N) is 1. The van der Waals surface area contributed by atoms with Crippen molar-refractivity contribution in [3.05, 3.63) is 35.6 Å². The van der Waals surface area contributed by atoms with Crippen LogP contribution in [0.4, 0.5) is 0 Å². The SMILES string of the molecule is N#CC(C(=O)N=NC1C=CC=CN1)=C1CCCCCC1. The third kappa shape index (κ3) is 3.89. The van der Waals surface area contributed by atoms with Crippen molar-refractivity contribution in [2.24, 2.45) is 10.2 Å². The lowest BCUT2D eigenvalue weighted by atomic mass is 10.0. The van der Waals surface area contributed by atoms with Crippen LogP contribution in [-0.2, 0) is 4.79 Å². The highest BCUT2D eigenvalue weighted by Crippen LogP contribution is 2.25. The lowest BCUT2D eigenvalue weighted by Crippen LogP contribution is -2.20. The topological polar surface area (TPSA) is 77.6 Å². The minimum Gasteiger partial charge on any atom is -0.365 e. The van der Waals surface area contributed by atoms with E-state index in [4.69, 9.17) is 0 Å². The third-order valence-electron chi connectivity index (χ3n) is 3.43. The Morgan fingerprint density at radius 3 is 2.60 bits per heavy atom. The lowest BCUT2D eigenvalue weighted by Gasteiger charge is -2.08. The summed E-state index contributed by atoms with van der Waals surface area (Å²) in [7, 11) is 0. The van der Waals surface area contributed by atoms with Crippen LogP contribution in [-0.4, -0.2) is 12.1 Å². The van der Waals surface area contributed by atoms with Crippen molar-refractivity contribution in [1.29, 1.82) is 5.26 Å². The number of nitrogens with zero attached hydrogens (tertiary/aromatic N) is 3. The largest absolute Gasteiger partial charge is 0.365 e. The van der Waals surface area contributed by atoms with Crippen molar-refractivity contribution in [1.82, 2.24) is 5.32 Å². The molecule has 1 N–H and O–H groups in total. The lowest BCUT2D eigenvalue weighted by molar-refractivity contribution is -0.114. The molecule has 0 spiro atoms. The van der Waals surface area contributed by atoms with E-state index in [9.17, 15) is 10.1 Å². The molecule has 1 unspecified atom stereocenters. The standard InChI is InChI=1S/C15H18N4O/c16-11-13(12-7-3-1-2-4-8-12)15(20)19-18-14-9-5-6-10-17-14/h5-6,9-10,14,17H,1-4,7-8H2. The number of hydrogen-bond acceptors (Lipinski definition) is 4. The normalized spacial score (nSPS) is 22.1. The molecule has 0 radical (unpaired) electrons. The van der Waals surface area contributed by atoms with Gasteiger partial charge in [-0.15, -0.1) is 5.11 Å². The maximum Gasteiger partial charge on any atom is 0.305 e. The number of rotatable bonds is 2. The number of allylic oxidation sites excluding steroid dienone is 3. The Bertz CT molecular complexity index is 512. The van der Waals surface area contributed by atoms with Crippen LogP contribution in [0.5, 0.6) is 0 Å². The van der Waals surface area contributed by atoms with E-state index in [1.165, 1.54) is 12.8 Å². The number of dihydropyridines is 1. The van der Waals surface area contributed by atoms with E-state index in [0.29, 0.717) is 0 Å². The van der Waals surface area contributed by atoms with Gasteiger partial charge in [0.05, 0.1) is 0 Å². The Morgan fingerprint density at radius 2 is 2.00 bits per heavy atom. The Kier molecular flexibility index (Phi) is 5.24. The summed E-state index contributed by atoms with van der Waals surface area (Å²) >= 11 is 0. The van der Waals surface area contributed by atoms with Crippen LogP contribution in [0.25, 0.3) is 0 Å². The highest BCUT2D eigenvalue weighted by Gasteiger charge is 2.16. The number of amides is 1. The second-order valence-corrected chi connectivity index (χ2v) is 4.88. The van der Waals surface area contributed by atoms with Crippen molar-refractivity contribution in [2.45, 2.75) is 44.7 Å². The maximum absolute atomic E-state index is 12.0. The smallest absolute Gasteiger partial charge is 0.305 e. The van der Waals surface area contributed by atoms with E-state index in [1.807, 2.05) is 18.2 Å². The number of carbonyl (C=O) groups is 1. The first-order valence-electron chi connectivity index (χ1n) is 6.98. The molecule has 0 aromatic heterocycles. The van der Waals surface area contributed by atoms with Gasteiger partial charge < -0.3 is 5.32 Å².